The molecule has 0 aliphatic rings. The summed E-state index contributed by atoms with van der Waals surface area (Å²) in [6.45, 7) is 8.19. The highest BCUT2D eigenvalue weighted by Crippen LogP contribution is 2.32. The standard InChI is InChI=1S/C16H28N2O2/c1-16(2,3)11-18(4)14(10-17)13-8-7-12(19-5)9-15(13)20-6/h7-9,14H,10-11,17H2,1-6H3. The molecule has 4 nitrogen and oxygen atoms in total. The average molecular weight is 280 g/mol. The van der Waals surface area contributed by atoms with Gasteiger partial charge in [-0.2, -0.15) is 0 Å². The third-order valence-corrected chi connectivity index (χ3v) is 3.28. The Hall–Kier alpha value is -1.26. The fourth-order valence-corrected chi connectivity index (χ4v) is 2.50. The lowest BCUT2D eigenvalue weighted by atomic mass is 9.94. The van der Waals surface area contributed by atoms with Gasteiger partial charge in [-0.25, -0.2) is 0 Å². The predicted molar refractivity (Wildman–Crippen MR) is 83.4 cm³/mol. The zero-order valence-electron chi connectivity index (χ0n) is 13.6. The van der Waals surface area contributed by atoms with Crippen LogP contribution < -0.4 is 15.2 Å². The summed E-state index contributed by atoms with van der Waals surface area (Å²) in [7, 11) is 5.43. The van der Waals surface area contributed by atoms with Gasteiger partial charge in [0.25, 0.3) is 0 Å². The topological polar surface area (TPSA) is 47.7 Å². The number of hydrogen-bond acceptors (Lipinski definition) is 4. The first-order valence-electron chi connectivity index (χ1n) is 6.94. The van der Waals surface area contributed by atoms with Crippen LogP contribution in [0.25, 0.3) is 0 Å². The van der Waals surface area contributed by atoms with Crippen LogP contribution in [0.15, 0.2) is 18.2 Å². The Morgan fingerprint density at radius 3 is 2.30 bits per heavy atom. The fraction of sp³-hybridized carbons (Fsp3) is 0.625. The molecule has 0 amide bonds. The van der Waals surface area contributed by atoms with Crippen molar-refractivity contribution in [2.24, 2.45) is 11.1 Å². The normalized spacial score (nSPS) is 13.4. The molecule has 0 saturated heterocycles. The van der Waals surface area contributed by atoms with Gasteiger partial charge >= 0.3 is 0 Å². The van der Waals surface area contributed by atoms with Crippen LogP contribution in [0.4, 0.5) is 0 Å². The van der Waals surface area contributed by atoms with Gasteiger partial charge in [0.15, 0.2) is 0 Å². The van der Waals surface area contributed by atoms with Crippen LogP contribution in [0.1, 0.15) is 32.4 Å². The molecule has 0 bridgehead atoms. The van der Waals surface area contributed by atoms with Crippen molar-refractivity contribution in [3.05, 3.63) is 23.8 Å². The molecule has 1 aromatic carbocycles. The minimum absolute atomic E-state index is 0.134. The van der Waals surface area contributed by atoms with Crippen molar-refractivity contribution in [3.8, 4) is 11.5 Å². The first kappa shape index (κ1) is 16.8. The monoisotopic (exact) mass is 280 g/mol. The quantitative estimate of drug-likeness (QED) is 0.870. The highest BCUT2D eigenvalue weighted by Gasteiger charge is 2.23. The van der Waals surface area contributed by atoms with E-state index in [0.29, 0.717) is 6.54 Å². The number of nitrogens with two attached hydrogens (primary N) is 1. The van der Waals surface area contributed by atoms with E-state index in [2.05, 4.69) is 32.7 Å². The number of benzene rings is 1. The van der Waals surface area contributed by atoms with E-state index in [-0.39, 0.29) is 11.5 Å². The molecule has 114 valence electrons. The Labute approximate surface area is 122 Å². The highest BCUT2D eigenvalue weighted by molar-refractivity contribution is 5.42. The van der Waals surface area contributed by atoms with Crippen LogP contribution in [0.5, 0.6) is 11.5 Å². The molecule has 0 spiro atoms. The van der Waals surface area contributed by atoms with Crippen molar-refractivity contribution in [2.45, 2.75) is 26.8 Å². The van der Waals surface area contributed by atoms with E-state index in [9.17, 15) is 0 Å². The minimum atomic E-state index is 0.134. The van der Waals surface area contributed by atoms with Gasteiger partial charge in [0.1, 0.15) is 11.5 Å². The first-order chi connectivity index (χ1) is 9.32. The summed E-state index contributed by atoms with van der Waals surface area (Å²) >= 11 is 0. The summed E-state index contributed by atoms with van der Waals surface area (Å²) in [5.41, 5.74) is 7.31. The highest BCUT2D eigenvalue weighted by atomic mass is 16.5. The molecule has 1 aromatic rings. The molecule has 20 heavy (non-hydrogen) atoms. The van der Waals surface area contributed by atoms with Crippen LogP contribution in [-0.2, 0) is 0 Å². The van der Waals surface area contributed by atoms with Crippen molar-refractivity contribution >= 4 is 0 Å². The van der Waals surface area contributed by atoms with Gasteiger partial charge in [0.05, 0.1) is 20.3 Å². The van der Waals surface area contributed by atoms with Crippen molar-refractivity contribution < 1.29 is 9.47 Å². The Morgan fingerprint density at radius 2 is 1.85 bits per heavy atom. The second-order valence-corrected chi connectivity index (χ2v) is 6.34. The SMILES string of the molecule is COc1ccc(C(CN)N(C)CC(C)(C)C)c(OC)c1. The molecule has 1 unspecified atom stereocenters. The third-order valence-electron chi connectivity index (χ3n) is 3.28. The number of nitrogens with zero attached hydrogens (tertiary/aromatic N) is 1. The van der Waals surface area contributed by atoms with Crippen LogP contribution >= 0.6 is 0 Å². The summed E-state index contributed by atoms with van der Waals surface area (Å²) in [6, 6.07) is 6.03. The van der Waals surface area contributed by atoms with E-state index in [1.807, 2.05) is 18.2 Å². The van der Waals surface area contributed by atoms with E-state index >= 15 is 0 Å². The second kappa shape index (κ2) is 6.95. The van der Waals surface area contributed by atoms with E-state index in [1.54, 1.807) is 14.2 Å². The maximum Gasteiger partial charge on any atom is 0.127 e. The lowest BCUT2D eigenvalue weighted by molar-refractivity contribution is 0.173. The molecule has 0 fully saturated rings. The Morgan fingerprint density at radius 1 is 1.20 bits per heavy atom. The van der Waals surface area contributed by atoms with Gasteiger partial charge in [0.2, 0.25) is 0 Å². The molecule has 1 atom stereocenters. The zero-order chi connectivity index (χ0) is 15.3. The van der Waals surface area contributed by atoms with Crippen molar-refractivity contribution in [2.75, 3.05) is 34.4 Å². The predicted octanol–water partition coefficient (Wildman–Crippen LogP) is 2.68. The number of rotatable bonds is 6. The molecule has 0 aromatic heterocycles. The number of hydrogen-bond donors (Lipinski definition) is 1. The molecule has 2 N–H and O–H groups in total. The molecule has 0 saturated carbocycles. The van der Waals surface area contributed by atoms with Crippen LogP contribution in [0, 0.1) is 5.41 Å². The lowest BCUT2D eigenvalue weighted by Crippen LogP contribution is -2.36. The first-order valence-corrected chi connectivity index (χ1v) is 6.94. The molecule has 1 rings (SSSR count). The van der Waals surface area contributed by atoms with E-state index in [4.69, 9.17) is 15.2 Å². The molecule has 0 heterocycles. The summed E-state index contributed by atoms with van der Waals surface area (Å²) in [6.07, 6.45) is 0. The molecule has 0 radical (unpaired) electrons. The summed E-state index contributed by atoms with van der Waals surface area (Å²) < 4.78 is 10.7. The smallest absolute Gasteiger partial charge is 0.127 e. The molecular formula is C16H28N2O2. The van der Waals surface area contributed by atoms with Crippen LogP contribution in [0.3, 0.4) is 0 Å². The Bertz CT molecular complexity index is 427. The molecule has 4 heteroatoms. The van der Waals surface area contributed by atoms with Gasteiger partial charge in [0, 0.05) is 24.7 Å². The maximum atomic E-state index is 5.99. The van der Waals surface area contributed by atoms with Crippen LogP contribution in [-0.4, -0.2) is 39.3 Å². The molecule has 0 aliphatic heterocycles. The van der Waals surface area contributed by atoms with Gasteiger partial charge in [-0.3, -0.25) is 4.90 Å². The lowest BCUT2D eigenvalue weighted by Gasteiger charge is -2.33. The van der Waals surface area contributed by atoms with Gasteiger partial charge < -0.3 is 15.2 Å². The van der Waals surface area contributed by atoms with E-state index in [1.165, 1.54) is 0 Å². The summed E-state index contributed by atoms with van der Waals surface area (Å²) in [5.74, 6) is 1.61. The third kappa shape index (κ3) is 4.39. The van der Waals surface area contributed by atoms with Crippen molar-refractivity contribution in [1.29, 1.82) is 0 Å². The maximum absolute atomic E-state index is 5.99. The number of ether oxygens (including phenoxy) is 2. The zero-order valence-corrected chi connectivity index (χ0v) is 13.6. The summed E-state index contributed by atoms with van der Waals surface area (Å²) in [5, 5.41) is 0. The van der Waals surface area contributed by atoms with Crippen molar-refractivity contribution in [3.63, 3.8) is 0 Å². The van der Waals surface area contributed by atoms with Gasteiger partial charge in [-0.1, -0.05) is 26.8 Å². The molecule has 0 aliphatic carbocycles. The molecular weight excluding hydrogens is 252 g/mol. The van der Waals surface area contributed by atoms with Gasteiger partial charge in [-0.15, -0.1) is 0 Å². The van der Waals surface area contributed by atoms with Crippen LogP contribution in [0.2, 0.25) is 0 Å². The van der Waals surface area contributed by atoms with E-state index in [0.717, 1.165) is 23.6 Å². The number of methoxy groups -OCH3 is 2. The average Bonchev–Trinajstić information content (AvgIpc) is 2.37. The largest absolute Gasteiger partial charge is 0.497 e. The number of likely N-dealkylation sites (N-methyl/N-ethyl adjacent to an activating group) is 1. The minimum Gasteiger partial charge on any atom is -0.497 e. The van der Waals surface area contributed by atoms with Gasteiger partial charge in [-0.05, 0) is 18.5 Å². The van der Waals surface area contributed by atoms with Crippen molar-refractivity contribution in [1.82, 2.24) is 4.90 Å². The Kier molecular flexibility index (Phi) is 5.84. The van der Waals surface area contributed by atoms with E-state index < -0.39 is 0 Å². The second-order valence-electron chi connectivity index (χ2n) is 6.34. The fourth-order valence-electron chi connectivity index (χ4n) is 2.50. The Balaban J connectivity index is 3.05. The summed E-state index contributed by atoms with van der Waals surface area (Å²) in [4.78, 5) is 2.28.